The maximum atomic E-state index is 11.3. The number of aryl methyl sites for hydroxylation is 2. The molecule has 0 bridgehead atoms. The summed E-state index contributed by atoms with van der Waals surface area (Å²) in [5.41, 5.74) is 4.88. The molecule has 0 unspecified atom stereocenters. The molecule has 0 radical (unpaired) electrons. The van der Waals surface area contributed by atoms with Crippen LogP contribution < -0.4 is 4.90 Å². The second kappa shape index (κ2) is 5.40. The molecule has 0 saturated heterocycles. The first-order valence-electron chi connectivity index (χ1n) is 5.93. The summed E-state index contributed by atoms with van der Waals surface area (Å²) in [6.07, 6.45) is 0. The largest absolute Gasteiger partial charge is 0.478 e. The van der Waals surface area contributed by atoms with Crippen molar-refractivity contribution in [1.29, 1.82) is 0 Å². The van der Waals surface area contributed by atoms with Crippen molar-refractivity contribution >= 4 is 23.0 Å². The minimum absolute atomic E-state index is 0.338. The summed E-state index contributed by atoms with van der Waals surface area (Å²) < 4.78 is 0. The standard InChI is InChI=1S/C14H16N2O2S/c1-9-5-4-6-11(14(17)18)13(9)16(3)7-12-10(2)15-8-19-12/h4-6,8H,7H2,1-3H3,(H,17,18). The molecule has 0 aliphatic carbocycles. The Hall–Kier alpha value is -1.88. The number of benzene rings is 1. The van der Waals surface area contributed by atoms with Crippen molar-refractivity contribution in [2.45, 2.75) is 20.4 Å². The van der Waals surface area contributed by atoms with Crippen LogP contribution in [0.15, 0.2) is 23.7 Å². The van der Waals surface area contributed by atoms with Crippen LogP contribution in [0.3, 0.4) is 0 Å². The summed E-state index contributed by atoms with van der Waals surface area (Å²) in [5, 5.41) is 9.28. The normalized spacial score (nSPS) is 10.5. The third-order valence-electron chi connectivity index (χ3n) is 3.08. The Balaban J connectivity index is 2.36. The van der Waals surface area contributed by atoms with Gasteiger partial charge in [0.25, 0.3) is 0 Å². The maximum Gasteiger partial charge on any atom is 0.337 e. The first-order valence-corrected chi connectivity index (χ1v) is 6.81. The highest BCUT2D eigenvalue weighted by molar-refractivity contribution is 7.09. The van der Waals surface area contributed by atoms with Crippen molar-refractivity contribution in [3.8, 4) is 0 Å². The van der Waals surface area contributed by atoms with Crippen molar-refractivity contribution in [3.05, 3.63) is 45.4 Å². The third kappa shape index (κ3) is 2.76. The molecule has 0 spiro atoms. The number of nitrogens with zero attached hydrogens (tertiary/aromatic N) is 2. The van der Waals surface area contributed by atoms with Gasteiger partial charge in [-0.15, -0.1) is 11.3 Å². The molecule has 1 heterocycles. The predicted octanol–water partition coefficient (Wildman–Crippen LogP) is 3.09. The van der Waals surface area contributed by atoms with Crippen LogP contribution >= 0.6 is 11.3 Å². The van der Waals surface area contributed by atoms with Gasteiger partial charge in [0.05, 0.1) is 29.0 Å². The zero-order valence-corrected chi connectivity index (χ0v) is 12.0. The molecule has 0 aliphatic rings. The number of aromatic nitrogens is 1. The second-order valence-corrected chi connectivity index (χ2v) is 5.43. The minimum atomic E-state index is -0.897. The lowest BCUT2D eigenvalue weighted by molar-refractivity contribution is 0.0697. The third-order valence-corrected chi connectivity index (χ3v) is 4.00. The zero-order valence-electron chi connectivity index (χ0n) is 11.2. The van der Waals surface area contributed by atoms with Crippen LogP contribution in [0.5, 0.6) is 0 Å². The first-order chi connectivity index (χ1) is 9.00. The first kappa shape index (κ1) is 13.5. The Kier molecular flexibility index (Phi) is 3.85. The SMILES string of the molecule is Cc1cccc(C(=O)O)c1N(C)Cc1scnc1C. The topological polar surface area (TPSA) is 53.4 Å². The molecule has 2 rings (SSSR count). The quantitative estimate of drug-likeness (QED) is 0.932. The highest BCUT2D eigenvalue weighted by atomic mass is 32.1. The molecule has 2 aromatic rings. The molecule has 5 heteroatoms. The fourth-order valence-corrected chi connectivity index (χ4v) is 2.94. The molecule has 19 heavy (non-hydrogen) atoms. The van der Waals surface area contributed by atoms with Gasteiger partial charge in [0, 0.05) is 11.9 Å². The van der Waals surface area contributed by atoms with Crippen LogP contribution in [0.25, 0.3) is 0 Å². The monoisotopic (exact) mass is 276 g/mol. The molecule has 100 valence electrons. The van der Waals surface area contributed by atoms with Crippen molar-refractivity contribution < 1.29 is 9.90 Å². The predicted molar refractivity (Wildman–Crippen MR) is 77.1 cm³/mol. The highest BCUT2D eigenvalue weighted by Crippen LogP contribution is 2.27. The van der Waals surface area contributed by atoms with E-state index in [0.717, 1.165) is 21.8 Å². The summed E-state index contributed by atoms with van der Waals surface area (Å²) >= 11 is 1.59. The van der Waals surface area contributed by atoms with Gasteiger partial charge in [0.2, 0.25) is 0 Å². The Bertz CT molecular complexity index is 607. The number of para-hydroxylation sites is 1. The number of thiazole rings is 1. The molecule has 1 N–H and O–H groups in total. The number of carbonyl (C=O) groups is 1. The molecule has 4 nitrogen and oxygen atoms in total. The smallest absolute Gasteiger partial charge is 0.337 e. The zero-order chi connectivity index (χ0) is 14.0. The molecule has 1 aromatic heterocycles. The number of aromatic carboxylic acids is 1. The Labute approximate surface area is 116 Å². The lowest BCUT2D eigenvalue weighted by atomic mass is 10.1. The summed E-state index contributed by atoms with van der Waals surface area (Å²) in [6, 6.07) is 5.34. The van der Waals surface area contributed by atoms with Gasteiger partial charge in [-0.05, 0) is 25.5 Å². The molecule has 0 atom stereocenters. The van der Waals surface area contributed by atoms with Gasteiger partial charge in [-0.2, -0.15) is 0 Å². The number of rotatable bonds is 4. The maximum absolute atomic E-state index is 11.3. The van der Waals surface area contributed by atoms with Gasteiger partial charge < -0.3 is 10.0 Å². The molecule has 0 fully saturated rings. The van der Waals surface area contributed by atoms with E-state index in [1.165, 1.54) is 0 Å². The van der Waals surface area contributed by atoms with E-state index in [-0.39, 0.29) is 0 Å². The summed E-state index contributed by atoms with van der Waals surface area (Å²) in [4.78, 5) is 18.7. The summed E-state index contributed by atoms with van der Waals surface area (Å²) in [7, 11) is 1.91. The van der Waals surface area contributed by atoms with E-state index in [2.05, 4.69) is 4.98 Å². The molecule has 1 aromatic carbocycles. The van der Waals surface area contributed by atoms with E-state index in [9.17, 15) is 9.90 Å². The lowest BCUT2D eigenvalue weighted by Gasteiger charge is -2.23. The number of anilines is 1. The minimum Gasteiger partial charge on any atom is -0.478 e. The molecule has 0 saturated carbocycles. The van der Waals surface area contributed by atoms with Crippen LogP contribution in [0, 0.1) is 13.8 Å². The number of hydrogen-bond donors (Lipinski definition) is 1. The van der Waals surface area contributed by atoms with Gasteiger partial charge in [0.1, 0.15) is 0 Å². The second-order valence-electron chi connectivity index (χ2n) is 4.49. The Morgan fingerprint density at radius 2 is 2.16 bits per heavy atom. The van der Waals surface area contributed by atoms with Crippen LogP contribution in [0.1, 0.15) is 26.5 Å². The van der Waals surface area contributed by atoms with Gasteiger partial charge in [-0.3, -0.25) is 0 Å². The van der Waals surface area contributed by atoms with E-state index >= 15 is 0 Å². The highest BCUT2D eigenvalue weighted by Gasteiger charge is 2.16. The van der Waals surface area contributed by atoms with Crippen molar-refractivity contribution in [2.75, 3.05) is 11.9 Å². The van der Waals surface area contributed by atoms with E-state index in [0.29, 0.717) is 12.1 Å². The summed E-state index contributed by atoms with van der Waals surface area (Å²) in [6.45, 7) is 4.56. The van der Waals surface area contributed by atoms with E-state index in [1.54, 1.807) is 23.5 Å². The summed E-state index contributed by atoms with van der Waals surface area (Å²) in [5.74, 6) is -0.897. The molecular weight excluding hydrogens is 260 g/mol. The molecular formula is C14H16N2O2S. The van der Waals surface area contributed by atoms with Crippen molar-refractivity contribution in [3.63, 3.8) is 0 Å². The fourth-order valence-electron chi connectivity index (χ4n) is 2.11. The van der Waals surface area contributed by atoms with Crippen LogP contribution in [-0.4, -0.2) is 23.1 Å². The van der Waals surface area contributed by atoms with Gasteiger partial charge >= 0.3 is 5.97 Å². The van der Waals surface area contributed by atoms with Gasteiger partial charge in [-0.1, -0.05) is 12.1 Å². The fraction of sp³-hybridized carbons (Fsp3) is 0.286. The van der Waals surface area contributed by atoms with Crippen molar-refractivity contribution in [2.24, 2.45) is 0 Å². The van der Waals surface area contributed by atoms with Crippen LogP contribution in [0.4, 0.5) is 5.69 Å². The number of carboxylic acids is 1. The number of carboxylic acid groups (broad SMARTS) is 1. The average Bonchev–Trinajstić information content (AvgIpc) is 2.74. The Morgan fingerprint density at radius 1 is 1.42 bits per heavy atom. The lowest BCUT2D eigenvalue weighted by Crippen LogP contribution is -2.20. The van der Waals surface area contributed by atoms with E-state index < -0.39 is 5.97 Å². The molecule has 0 amide bonds. The van der Waals surface area contributed by atoms with Gasteiger partial charge in [-0.25, -0.2) is 9.78 Å². The Morgan fingerprint density at radius 3 is 2.74 bits per heavy atom. The average molecular weight is 276 g/mol. The van der Waals surface area contributed by atoms with Crippen LogP contribution in [-0.2, 0) is 6.54 Å². The van der Waals surface area contributed by atoms with Crippen LogP contribution in [0.2, 0.25) is 0 Å². The van der Waals surface area contributed by atoms with Crippen molar-refractivity contribution in [1.82, 2.24) is 4.98 Å². The van der Waals surface area contributed by atoms with E-state index in [1.807, 2.05) is 37.4 Å². The number of hydrogen-bond acceptors (Lipinski definition) is 4. The van der Waals surface area contributed by atoms with Gasteiger partial charge in [0.15, 0.2) is 0 Å². The van der Waals surface area contributed by atoms with E-state index in [4.69, 9.17) is 0 Å². The molecule has 0 aliphatic heterocycles.